The van der Waals surface area contributed by atoms with Gasteiger partial charge < -0.3 is 14.8 Å². The molecule has 0 radical (unpaired) electrons. The summed E-state index contributed by atoms with van der Waals surface area (Å²) in [5.41, 5.74) is 1.76. The van der Waals surface area contributed by atoms with E-state index in [0.717, 1.165) is 41.9 Å². The molecule has 1 N–H and O–H groups in total. The summed E-state index contributed by atoms with van der Waals surface area (Å²) in [7, 11) is 3.84. The van der Waals surface area contributed by atoms with Crippen LogP contribution in [0.2, 0.25) is 0 Å². The standard InChI is InChI=1S/C16H20N4O/c1-19-9-5-8-17-16(19)18-11-13-10-12-6-3-4-7-14(12)20(2)15(13)21/h3-4,6-7,10H,5,8-9,11H2,1-2H3,(H,17,18). The molecule has 1 aliphatic heterocycles. The van der Waals surface area contributed by atoms with Gasteiger partial charge in [0, 0.05) is 39.3 Å². The van der Waals surface area contributed by atoms with E-state index < -0.39 is 0 Å². The largest absolute Gasteiger partial charge is 0.352 e. The van der Waals surface area contributed by atoms with E-state index in [-0.39, 0.29) is 5.56 Å². The summed E-state index contributed by atoms with van der Waals surface area (Å²) in [6, 6.07) is 9.90. The van der Waals surface area contributed by atoms with Crippen LogP contribution < -0.4 is 10.9 Å². The molecule has 0 saturated heterocycles. The lowest BCUT2D eigenvalue weighted by Gasteiger charge is -2.25. The monoisotopic (exact) mass is 284 g/mol. The average Bonchev–Trinajstić information content (AvgIpc) is 2.51. The molecule has 0 amide bonds. The fourth-order valence-corrected chi connectivity index (χ4v) is 2.70. The molecule has 1 aliphatic rings. The molecule has 0 unspecified atom stereocenters. The van der Waals surface area contributed by atoms with Crippen LogP contribution in [0, 0.1) is 0 Å². The molecule has 0 saturated carbocycles. The third kappa shape index (κ3) is 2.63. The topological polar surface area (TPSA) is 49.6 Å². The van der Waals surface area contributed by atoms with Crippen LogP contribution in [0.25, 0.3) is 10.9 Å². The second kappa shape index (κ2) is 5.60. The van der Waals surface area contributed by atoms with E-state index >= 15 is 0 Å². The van der Waals surface area contributed by atoms with Crippen molar-refractivity contribution in [1.29, 1.82) is 0 Å². The van der Waals surface area contributed by atoms with Crippen LogP contribution in [0.1, 0.15) is 12.0 Å². The van der Waals surface area contributed by atoms with Crippen LogP contribution in [-0.2, 0) is 13.6 Å². The number of aromatic nitrogens is 1. The SMILES string of the molecule is CN1CCCN=C1NCc1cc2ccccc2n(C)c1=O. The molecule has 0 bridgehead atoms. The van der Waals surface area contributed by atoms with Crippen molar-refractivity contribution in [2.75, 3.05) is 20.1 Å². The quantitative estimate of drug-likeness (QED) is 0.905. The molecule has 2 heterocycles. The molecular formula is C16H20N4O. The Hall–Kier alpha value is -2.30. The number of fused-ring (bicyclic) bond motifs is 1. The van der Waals surface area contributed by atoms with Crippen LogP contribution in [0.3, 0.4) is 0 Å². The number of hydrogen-bond donors (Lipinski definition) is 1. The number of hydrogen-bond acceptors (Lipinski definition) is 4. The van der Waals surface area contributed by atoms with Gasteiger partial charge in [-0.15, -0.1) is 0 Å². The average molecular weight is 284 g/mol. The minimum Gasteiger partial charge on any atom is -0.352 e. The fraction of sp³-hybridized carbons (Fsp3) is 0.375. The zero-order valence-corrected chi connectivity index (χ0v) is 12.5. The maximum atomic E-state index is 12.4. The predicted octanol–water partition coefficient (Wildman–Crippen LogP) is 1.32. The number of rotatable bonds is 2. The second-order valence-corrected chi connectivity index (χ2v) is 5.43. The van der Waals surface area contributed by atoms with Gasteiger partial charge >= 0.3 is 0 Å². The minimum absolute atomic E-state index is 0.0419. The number of aliphatic imine (C=N–C) groups is 1. The first-order chi connectivity index (χ1) is 10.2. The Kier molecular flexibility index (Phi) is 3.64. The summed E-state index contributed by atoms with van der Waals surface area (Å²) >= 11 is 0. The van der Waals surface area contributed by atoms with Crippen molar-refractivity contribution >= 4 is 16.9 Å². The molecule has 5 heteroatoms. The fourth-order valence-electron chi connectivity index (χ4n) is 2.70. The van der Waals surface area contributed by atoms with Gasteiger partial charge in [-0.1, -0.05) is 18.2 Å². The Bertz CT molecular complexity index is 748. The van der Waals surface area contributed by atoms with E-state index in [1.807, 2.05) is 44.4 Å². The van der Waals surface area contributed by atoms with E-state index in [9.17, 15) is 4.79 Å². The summed E-state index contributed by atoms with van der Waals surface area (Å²) in [6.07, 6.45) is 1.08. The predicted molar refractivity (Wildman–Crippen MR) is 85.6 cm³/mol. The van der Waals surface area contributed by atoms with Gasteiger partial charge in [0.1, 0.15) is 0 Å². The van der Waals surface area contributed by atoms with Gasteiger partial charge in [-0.2, -0.15) is 0 Å². The maximum absolute atomic E-state index is 12.4. The van der Waals surface area contributed by atoms with E-state index in [0.29, 0.717) is 6.54 Å². The van der Waals surface area contributed by atoms with E-state index in [4.69, 9.17) is 0 Å². The van der Waals surface area contributed by atoms with Gasteiger partial charge in [0.05, 0.1) is 5.52 Å². The lowest BCUT2D eigenvalue weighted by atomic mass is 10.1. The summed E-state index contributed by atoms with van der Waals surface area (Å²) in [6.45, 7) is 2.35. The molecule has 0 aliphatic carbocycles. The number of aryl methyl sites for hydroxylation is 1. The van der Waals surface area contributed by atoms with Crippen LogP contribution in [0.5, 0.6) is 0 Å². The summed E-state index contributed by atoms with van der Waals surface area (Å²) in [5, 5.41) is 4.36. The van der Waals surface area contributed by atoms with E-state index in [1.54, 1.807) is 4.57 Å². The Balaban J connectivity index is 1.89. The van der Waals surface area contributed by atoms with Gasteiger partial charge in [-0.3, -0.25) is 9.79 Å². The number of para-hydroxylation sites is 1. The highest BCUT2D eigenvalue weighted by atomic mass is 16.1. The first-order valence-corrected chi connectivity index (χ1v) is 7.24. The van der Waals surface area contributed by atoms with Crippen molar-refractivity contribution in [2.45, 2.75) is 13.0 Å². The second-order valence-electron chi connectivity index (χ2n) is 5.43. The van der Waals surface area contributed by atoms with E-state index in [2.05, 4.69) is 15.2 Å². The number of guanidine groups is 1. The third-order valence-corrected chi connectivity index (χ3v) is 3.92. The highest BCUT2D eigenvalue weighted by Gasteiger charge is 2.12. The lowest BCUT2D eigenvalue weighted by Crippen LogP contribution is -2.42. The Morgan fingerprint density at radius 1 is 1.29 bits per heavy atom. The maximum Gasteiger partial charge on any atom is 0.255 e. The first kappa shape index (κ1) is 13.7. The van der Waals surface area contributed by atoms with Gasteiger partial charge in [-0.05, 0) is 23.9 Å². The van der Waals surface area contributed by atoms with Crippen LogP contribution in [0.4, 0.5) is 0 Å². The zero-order valence-electron chi connectivity index (χ0n) is 12.5. The number of benzene rings is 1. The summed E-state index contributed by atoms with van der Waals surface area (Å²) in [5.74, 6) is 0.872. The van der Waals surface area contributed by atoms with Crippen molar-refractivity contribution in [3.05, 3.63) is 46.2 Å². The molecule has 0 fully saturated rings. The molecule has 1 aromatic heterocycles. The van der Waals surface area contributed by atoms with Gasteiger partial charge in [-0.25, -0.2) is 0 Å². The molecule has 2 aromatic rings. The Labute approximate surface area is 123 Å². The zero-order chi connectivity index (χ0) is 14.8. The highest BCUT2D eigenvalue weighted by Crippen LogP contribution is 2.12. The van der Waals surface area contributed by atoms with Crippen LogP contribution >= 0.6 is 0 Å². The number of nitrogens with zero attached hydrogens (tertiary/aromatic N) is 3. The number of pyridine rings is 1. The molecule has 1 aromatic carbocycles. The van der Waals surface area contributed by atoms with E-state index in [1.165, 1.54) is 0 Å². The van der Waals surface area contributed by atoms with Crippen LogP contribution in [-0.4, -0.2) is 35.6 Å². The van der Waals surface area contributed by atoms with Crippen molar-refractivity contribution in [3.8, 4) is 0 Å². The lowest BCUT2D eigenvalue weighted by molar-refractivity contribution is 0.446. The smallest absolute Gasteiger partial charge is 0.255 e. The molecule has 0 spiro atoms. The van der Waals surface area contributed by atoms with Crippen LogP contribution in [0.15, 0.2) is 40.1 Å². The van der Waals surface area contributed by atoms with Gasteiger partial charge in [0.15, 0.2) is 5.96 Å². The molecule has 110 valence electrons. The van der Waals surface area contributed by atoms with Crippen molar-refractivity contribution in [2.24, 2.45) is 12.0 Å². The first-order valence-electron chi connectivity index (χ1n) is 7.24. The minimum atomic E-state index is 0.0419. The normalized spacial score (nSPS) is 15.1. The molecular weight excluding hydrogens is 264 g/mol. The molecule has 21 heavy (non-hydrogen) atoms. The summed E-state index contributed by atoms with van der Waals surface area (Å²) in [4.78, 5) is 19.0. The molecule has 5 nitrogen and oxygen atoms in total. The molecule has 0 atom stereocenters. The Morgan fingerprint density at radius 2 is 2.10 bits per heavy atom. The summed E-state index contributed by atoms with van der Waals surface area (Å²) < 4.78 is 1.71. The molecule has 3 rings (SSSR count). The van der Waals surface area contributed by atoms with Gasteiger partial charge in [0.2, 0.25) is 0 Å². The van der Waals surface area contributed by atoms with Crippen molar-refractivity contribution in [3.63, 3.8) is 0 Å². The van der Waals surface area contributed by atoms with Crippen molar-refractivity contribution < 1.29 is 0 Å². The third-order valence-electron chi connectivity index (χ3n) is 3.92. The van der Waals surface area contributed by atoms with Crippen molar-refractivity contribution in [1.82, 2.24) is 14.8 Å². The highest BCUT2D eigenvalue weighted by molar-refractivity contribution is 5.81. The number of nitrogens with one attached hydrogen (secondary N) is 1. The van der Waals surface area contributed by atoms with Gasteiger partial charge in [0.25, 0.3) is 5.56 Å². The Morgan fingerprint density at radius 3 is 2.90 bits per heavy atom.